The van der Waals surface area contributed by atoms with E-state index < -0.39 is 0 Å². The standard InChI is InChI=1S/C9H5BrN4/c1-11-7-2-4-8(5-3-7)14-9(10)12-6-13-14/h2-6H. The van der Waals surface area contributed by atoms with Crippen LogP contribution in [0, 0.1) is 6.57 Å². The number of nitrogens with zero attached hydrogens (tertiary/aromatic N) is 4. The summed E-state index contributed by atoms with van der Waals surface area (Å²) in [6, 6.07) is 7.15. The van der Waals surface area contributed by atoms with Gasteiger partial charge in [-0.1, -0.05) is 12.1 Å². The van der Waals surface area contributed by atoms with Crippen molar-refractivity contribution in [3.8, 4) is 5.69 Å². The zero-order chi connectivity index (χ0) is 9.97. The highest BCUT2D eigenvalue weighted by molar-refractivity contribution is 9.10. The van der Waals surface area contributed by atoms with Crippen LogP contribution in [0.4, 0.5) is 5.69 Å². The Balaban J connectivity index is 2.45. The first kappa shape index (κ1) is 8.91. The van der Waals surface area contributed by atoms with Crippen LogP contribution in [0.15, 0.2) is 35.3 Å². The zero-order valence-corrected chi connectivity index (χ0v) is 8.64. The Labute approximate surface area is 89.2 Å². The Kier molecular flexibility index (Phi) is 2.29. The van der Waals surface area contributed by atoms with Crippen molar-refractivity contribution in [2.75, 3.05) is 0 Å². The molecule has 0 bridgehead atoms. The van der Waals surface area contributed by atoms with E-state index in [-0.39, 0.29) is 0 Å². The van der Waals surface area contributed by atoms with E-state index in [2.05, 4.69) is 30.9 Å². The van der Waals surface area contributed by atoms with E-state index in [1.165, 1.54) is 6.33 Å². The molecule has 14 heavy (non-hydrogen) atoms. The molecule has 0 radical (unpaired) electrons. The van der Waals surface area contributed by atoms with E-state index in [0.29, 0.717) is 10.4 Å². The summed E-state index contributed by atoms with van der Waals surface area (Å²) in [7, 11) is 0. The van der Waals surface area contributed by atoms with Crippen molar-refractivity contribution in [2.45, 2.75) is 0 Å². The Hall–Kier alpha value is -1.67. The molecule has 1 aromatic heterocycles. The molecule has 0 fully saturated rings. The first-order chi connectivity index (χ1) is 6.81. The van der Waals surface area contributed by atoms with Gasteiger partial charge in [0.2, 0.25) is 0 Å². The predicted octanol–water partition coefficient (Wildman–Crippen LogP) is 2.58. The molecule has 4 nitrogen and oxygen atoms in total. The molecule has 0 saturated heterocycles. The van der Waals surface area contributed by atoms with Crippen LogP contribution in [0.25, 0.3) is 10.5 Å². The van der Waals surface area contributed by atoms with Gasteiger partial charge in [0.05, 0.1) is 12.3 Å². The third kappa shape index (κ3) is 1.52. The van der Waals surface area contributed by atoms with Gasteiger partial charge in [0.25, 0.3) is 0 Å². The molecule has 5 heteroatoms. The highest BCUT2D eigenvalue weighted by Gasteiger charge is 2.02. The first-order valence-electron chi connectivity index (χ1n) is 3.84. The molecule has 0 amide bonds. The Morgan fingerprint density at radius 2 is 2.00 bits per heavy atom. The summed E-state index contributed by atoms with van der Waals surface area (Å²) in [5, 5.41) is 4.02. The minimum atomic E-state index is 0.616. The van der Waals surface area contributed by atoms with Gasteiger partial charge in [-0.3, -0.25) is 0 Å². The fraction of sp³-hybridized carbons (Fsp3) is 0. The molecule has 0 aliphatic rings. The quantitative estimate of drug-likeness (QED) is 0.728. The van der Waals surface area contributed by atoms with Crippen molar-refractivity contribution in [3.63, 3.8) is 0 Å². The van der Waals surface area contributed by atoms with E-state index in [9.17, 15) is 0 Å². The van der Waals surface area contributed by atoms with Crippen molar-refractivity contribution in [1.82, 2.24) is 14.8 Å². The molecule has 2 rings (SSSR count). The maximum Gasteiger partial charge on any atom is 0.199 e. The zero-order valence-electron chi connectivity index (χ0n) is 7.05. The average Bonchev–Trinajstić information content (AvgIpc) is 2.65. The van der Waals surface area contributed by atoms with Crippen molar-refractivity contribution >= 4 is 21.6 Å². The molecule has 0 saturated carbocycles. The lowest BCUT2D eigenvalue weighted by atomic mass is 10.3. The number of hydrogen-bond donors (Lipinski definition) is 0. The van der Waals surface area contributed by atoms with Crippen LogP contribution in [0.5, 0.6) is 0 Å². The molecule has 0 aliphatic heterocycles. The molecular formula is C9H5BrN4. The molecule has 0 atom stereocenters. The van der Waals surface area contributed by atoms with E-state index >= 15 is 0 Å². The summed E-state index contributed by atoms with van der Waals surface area (Å²) in [5.74, 6) is 0. The van der Waals surface area contributed by atoms with Gasteiger partial charge >= 0.3 is 0 Å². The number of aromatic nitrogens is 3. The third-order valence-corrected chi connectivity index (χ3v) is 2.27. The van der Waals surface area contributed by atoms with Crippen LogP contribution in [-0.2, 0) is 0 Å². The van der Waals surface area contributed by atoms with Gasteiger partial charge in [-0.2, -0.15) is 5.10 Å². The summed E-state index contributed by atoms with van der Waals surface area (Å²) in [6.45, 7) is 6.81. The smallest absolute Gasteiger partial charge is 0.199 e. The molecule has 68 valence electrons. The molecule has 1 heterocycles. The van der Waals surface area contributed by atoms with Crippen LogP contribution in [-0.4, -0.2) is 14.8 Å². The Bertz CT molecular complexity index is 480. The van der Waals surface area contributed by atoms with Crippen LogP contribution in [0.3, 0.4) is 0 Å². The summed E-state index contributed by atoms with van der Waals surface area (Å²) in [4.78, 5) is 7.25. The van der Waals surface area contributed by atoms with Gasteiger partial charge in [0.15, 0.2) is 10.4 Å². The fourth-order valence-electron chi connectivity index (χ4n) is 1.07. The average molecular weight is 249 g/mol. The third-order valence-electron chi connectivity index (χ3n) is 1.73. The highest BCUT2D eigenvalue weighted by atomic mass is 79.9. The second-order valence-electron chi connectivity index (χ2n) is 2.57. The number of benzene rings is 1. The minimum Gasteiger partial charge on any atom is -0.238 e. The van der Waals surface area contributed by atoms with Crippen molar-refractivity contribution in [1.29, 1.82) is 0 Å². The summed E-state index contributed by atoms with van der Waals surface area (Å²) in [5.41, 5.74) is 1.49. The number of halogens is 1. The maximum atomic E-state index is 6.81. The van der Waals surface area contributed by atoms with Gasteiger partial charge in [-0.25, -0.2) is 14.5 Å². The van der Waals surface area contributed by atoms with E-state index in [0.717, 1.165) is 5.69 Å². The van der Waals surface area contributed by atoms with E-state index in [1.807, 2.05) is 12.1 Å². The molecule has 0 unspecified atom stereocenters. The first-order valence-corrected chi connectivity index (χ1v) is 4.64. The largest absolute Gasteiger partial charge is 0.238 e. The molecule has 0 N–H and O–H groups in total. The highest BCUT2D eigenvalue weighted by Crippen LogP contribution is 2.17. The minimum absolute atomic E-state index is 0.616. The molecule has 2 aromatic rings. The lowest BCUT2D eigenvalue weighted by Crippen LogP contribution is -1.95. The van der Waals surface area contributed by atoms with Crippen LogP contribution in [0.1, 0.15) is 0 Å². The van der Waals surface area contributed by atoms with Crippen molar-refractivity contribution < 1.29 is 0 Å². The lowest BCUT2D eigenvalue weighted by molar-refractivity contribution is 0.857. The molecule has 0 spiro atoms. The van der Waals surface area contributed by atoms with Gasteiger partial charge in [0.1, 0.15) is 6.33 Å². The summed E-state index contributed by atoms with van der Waals surface area (Å²) >= 11 is 3.27. The number of hydrogen-bond acceptors (Lipinski definition) is 2. The normalized spacial score (nSPS) is 9.71. The second-order valence-corrected chi connectivity index (χ2v) is 3.28. The van der Waals surface area contributed by atoms with Crippen molar-refractivity contribution in [2.24, 2.45) is 0 Å². The summed E-state index contributed by atoms with van der Waals surface area (Å²) in [6.07, 6.45) is 1.47. The van der Waals surface area contributed by atoms with Crippen molar-refractivity contribution in [3.05, 3.63) is 46.7 Å². The second kappa shape index (κ2) is 3.60. The van der Waals surface area contributed by atoms with E-state index in [1.54, 1.807) is 16.8 Å². The number of rotatable bonds is 1. The Morgan fingerprint density at radius 1 is 1.29 bits per heavy atom. The van der Waals surface area contributed by atoms with Crippen LogP contribution < -0.4 is 0 Å². The molecular weight excluding hydrogens is 244 g/mol. The monoisotopic (exact) mass is 248 g/mol. The Morgan fingerprint density at radius 3 is 2.50 bits per heavy atom. The maximum absolute atomic E-state index is 6.81. The topological polar surface area (TPSA) is 35.1 Å². The van der Waals surface area contributed by atoms with Gasteiger partial charge in [-0.05, 0) is 28.1 Å². The van der Waals surface area contributed by atoms with Crippen LogP contribution >= 0.6 is 15.9 Å². The molecule has 1 aromatic carbocycles. The lowest BCUT2D eigenvalue weighted by Gasteiger charge is -2.00. The SMILES string of the molecule is [C-]#[N+]c1ccc(-n2ncnc2Br)cc1. The predicted molar refractivity (Wildman–Crippen MR) is 55.3 cm³/mol. The van der Waals surface area contributed by atoms with E-state index in [4.69, 9.17) is 6.57 Å². The van der Waals surface area contributed by atoms with Gasteiger partial charge in [-0.15, -0.1) is 0 Å². The van der Waals surface area contributed by atoms with Gasteiger partial charge < -0.3 is 0 Å². The molecule has 0 aliphatic carbocycles. The van der Waals surface area contributed by atoms with Crippen LogP contribution in [0.2, 0.25) is 0 Å². The van der Waals surface area contributed by atoms with Gasteiger partial charge in [0, 0.05) is 0 Å². The summed E-state index contributed by atoms with van der Waals surface area (Å²) < 4.78 is 2.29. The fourth-order valence-corrected chi connectivity index (χ4v) is 1.46.